The molecule has 2 saturated heterocycles. The van der Waals surface area contributed by atoms with Crippen LogP contribution < -0.4 is 5.56 Å². The Morgan fingerprint density at radius 2 is 1.92 bits per heavy atom. The van der Waals surface area contributed by atoms with Crippen LogP contribution in [0.3, 0.4) is 0 Å². The van der Waals surface area contributed by atoms with Gasteiger partial charge in [-0.25, -0.2) is 4.98 Å². The van der Waals surface area contributed by atoms with E-state index in [0.717, 1.165) is 63.0 Å². The van der Waals surface area contributed by atoms with Gasteiger partial charge in [0.05, 0.1) is 11.7 Å². The van der Waals surface area contributed by atoms with Crippen LogP contribution in [0.15, 0.2) is 29.2 Å². The minimum Gasteiger partial charge on any atom is -0.341 e. The summed E-state index contributed by atoms with van der Waals surface area (Å²) in [5.41, 5.74) is 2.38. The molecule has 26 heavy (non-hydrogen) atoms. The lowest BCUT2D eigenvalue weighted by Gasteiger charge is -2.36. The molecule has 1 amide bonds. The predicted octanol–water partition coefficient (Wildman–Crippen LogP) is 1.98. The second-order valence-corrected chi connectivity index (χ2v) is 7.53. The standard InChI is InChI=1S/C20H26N4O2/c1-15-7-8-18-21-16(12-19(25)24(18)13-15)14-23-11-3-2-6-17(23)20(26)22-9-4-5-10-22/h7-8,12-13,17H,2-6,9-11,14H2,1H3/t17-/m0/s1. The number of rotatable bonds is 3. The van der Waals surface area contributed by atoms with Crippen LogP contribution in [0, 0.1) is 6.92 Å². The van der Waals surface area contributed by atoms with E-state index in [1.54, 1.807) is 10.5 Å². The summed E-state index contributed by atoms with van der Waals surface area (Å²) in [6.45, 7) is 5.18. The molecule has 0 aromatic carbocycles. The van der Waals surface area contributed by atoms with Crippen molar-refractivity contribution in [3.8, 4) is 0 Å². The van der Waals surface area contributed by atoms with Crippen LogP contribution in [0.1, 0.15) is 43.4 Å². The summed E-state index contributed by atoms with van der Waals surface area (Å²) >= 11 is 0. The van der Waals surface area contributed by atoms with Gasteiger partial charge >= 0.3 is 0 Å². The first-order valence-corrected chi connectivity index (χ1v) is 9.63. The summed E-state index contributed by atoms with van der Waals surface area (Å²) in [6, 6.07) is 5.38. The second kappa shape index (κ2) is 7.19. The van der Waals surface area contributed by atoms with E-state index in [1.165, 1.54) is 0 Å². The Labute approximate surface area is 153 Å². The minimum atomic E-state index is -0.0693. The van der Waals surface area contributed by atoms with Crippen molar-refractivity contribution in [2.45, 2.75) is 51.6 Å². The highest BCUT2D eigenvalue weighted by Crippen LogP contribution is 2.22. The van der Waals surface area contributed by atoms with Gasteiger partial charge in [-0.05, 0) is 50.8 Å². The first-order chi connectivity index (χ1) is 12.6. The van der Waals surface area contributed by atoms with E-state index in [1.807, 2.05) is 30.2 Å². The smallest absolute Gasteiger partial charge is 0.258 e. The molecule has 4 rings (SSSR count). The Kier molecular flexibility index (Phi) is 4.76. The van der Waals surface area contributed by atoms with Crippen LogP contribution in [0.25, 0.3) is 5.65 Å². The van der Waals surface area contributed by atoms with E-state index in [0.29, 0.717) is 12.2 Å². The normalized spacial score (nSPS) is 21.4. The van der Waals surface area contributed by atoms with Crippen LogP contribution in [0.4, 0.5) is 0 Å². The summed E-state index contributed by atoms with van der Waals surface area (Å²) in [4.78, 5) is 34.2. The number of piperidine rings is 1. The summed E-state index contributed by atoms with van der Waals surface area (Å²) in [7, 11) is 0. The lowest BCUT2D eigenvalue weighted by Crippen LogP contribution is -2.50. The molecule has 0 saturated carbocycles. The number of aryl methyl sites for hydroxylation is 1. The quantitative estimate of drug-likeness (QED) is 0.846. The molecule has 0 N–H and O–H groups in total. The molecule has 1 atom stereocenters. The molecule has 0 spiro atoms. The lowest BCUT2D eigenvalue weighted by atomic mass is 10.0. The maximum absolute atomic E-state index is 12.9. The Bertz CT molecular complexity index is 870. The molecule has 0 radical (unpaired) electrons. The van der Waals surface area contributed by atoms with Crippen molar-refractivity contribution in [1.29, 1.82) is 0 Å². The Hall–Kier alpha value is -2.21. The fraction of sp³-hybridized carbons (Fsp3) is 0.550. The minimum absolute atomic E-state index is 0.0619. The Morgan fingerprint density at radius 1 is 1.15 bits per heavy atom. The van der Waals surface area contributed by atoms with E-state index in [2.05, 4.69) is 9.88 Å². The maximum atomic E-state index is 12.9. The number of hydrogen-bond donors (Lipinski definition) is 0. The van der Waals surface area contributed by atoms with Gasteiger partial charge in [0, 0.05) is 31.9 Å². The molecule has 0 aliphatic carbocycles. The third-order valence-electron chi connectivity index (χ3n) is 5.54. The molecule has 2 aliphatic heterocycles. The average molecular weight is 354 g/mol. The van der Waals surface area contributed by atoms with Gasteiger partial charge in [-0.3, -0.25) is 18.9 Å². The molecule has 138 valence electrons. The molecule has 0 unspecified atom stereocenters. The highest BCUT2D eigenvalue weighted by atomic mass is 16.2. The van der Waals surface area contributed by atoms with E-state index < -0.39 is 0 Å². The van der Waals surface area contributed by atoms with E-state index in [-0.39, 0.29) is 17.5 Å². The first-order valence-electron chi connectivity index (χ1n) is 9.63. The van der Waals surface area contributed by atoms with Crippen molar-refractivity contribution in [2.75, 3.05) is 19.6 Å². The molecule has 2 aromatic heterocycles. The van der Waals surface area contributed by atoms with E-state index >= 15 is 0 Å². The highest BCUT2D eigenvalue weighted by molar-refractivity contribution is 5.82. The highest BCUT2D eigenvalue weighted by Gasteiger charge is 2.33. The van der Waals surface area contributed by atoms with Gasteiger partial charge < -0.3 is 4.90 Å². The van der Waals surface area contributed by atoms with Crippen molar-refractivity contribution < 1.29 is 4.79 Å². The summed E-state index contributed by atoms with van der Waals surface area (Å²) in [5.74, 6) is 0.260. The van der Waals surface area contributed by atoms with Gasteiger partial charge in [-0.15, -0.1) is 0 Å². The number of aromatic nitrogens is 2. The van der Waals surface area contributed by atoms with Gasteiger partial charge in [0.25, 0.3) is 5.56 Å². The number of likely N-dealkylation sites (tertiary alicyclic amines) is 2. The summed E-state index contributed by atoms with van der Waals surface area (Å²) < 4.78 is 1.59. The monoisotopic (exact) mass is 354 g/mol. The molecule has 6 nitrogen and oxygen atoms in total. The Morgan fingerprint density at radius 3 is 2.73 bits per heavy atom. The molecular formula is C20H26N4O2. The van der Waals surface area contributed by atoms with Gasteiger partial charge in [-0.2, -0.15) is 0 Å². The molecule has 2 fully saturated rings. The van der Waals surface area contributed by atoms with Crippen molar-refractivity contribution in [1.82, 2.24) is 19.2 Å². The molecule has 2 aromatic rings. The van der Waals surface area contributed by atoms with Crippen molar-refractivity contribution >= 4 is 11.6 Å². The zero-order valence-corrected chi connectivity index (χ0v) is 15.4. The van der Waals surface area contributed by atoms with E-state index in [9.17, 15) is 9.59 Å². The third-order valence-corrected chi connectivity index (χ3v) is 5.54. The zero-order chi connectivity index (χ0) is 18.1. The second-order valence-electron chi connectivity index (χ2n) is 7.53. The fourth-order valence-corrected chi connectivity index (χ4v) is 4.16. The zero-order valence-electron chi connectivity index (χ0n) is 15.4. The molecule has 4 heterocycles. The van der Waals surface area contributed by atoms with Gasteiger partial charge in [-0.1, -0.05) is 12.5 Å². The largest absolute Gasteiger partial charge is 0.341 e. The van der Waals surface area contributed by atoms with Gasteiger partial charge in [0.15, 0.2) is 0 Å². The van der Waals surface area contributed by atoms with Gasteiger partial charge in [0.2, 0.25) is 5.91 Å². The number of nitrogens with zero attached hydrogens (tertiary/aromatic N) is 4. The number of amides is 1. The predicted molar refractivity (Wildman–Crippen MR) is 100 cm³/mol. The van der Waals surface area contributed by atoms with Crippen LogP contribution in [-0.2, 0) is 11.3 Å². The van der Waals surface area contributed by atoms with Crippen LogP contribution in [-0.4, -0.2) is 50.8 Å². The number of carbonyl (C=O) groups is 1. The number of pyridine rings is 1. The van der Waals surface area contributed by atoms with Gasteiger partial charge in [0.1, 0.15) is 5.65 Å². The van der Waals surface area contributed by atoms with Crippen LogP contribution in [0.2, 0.25) is 0 Å². The third kappa shape index (κ3) is 3.38. The van der Waals surface area contributed by atoms with E-state index in [4.69, 9.17) is 0 Å². The number of carbonyl (C=O) groups excluding carboxylic acids is 1. The molecule has 0 bridgehead atoms. The first kappa shape index (κ1) is 17.2. The van der Waals surface area contributed by atoms with Crippen LogP contribution >= 0.6 is 0 Å². The molecule has 2 aliphatic rings. The van der Waals surface area contributed by atoms with Crippen LogP contribution in [0.5, 0.6) is 0 Å². The summed E-state index contributed by atoms with van der Waals surface area (Å²) in [5, 5.41) is 0. The molecular weight excluding hydrogens is 328 g/mol. The van der Waals surface area contributed by atoms with Crippen molar-refractivity contribution in [2.24, 2.45) is 0 Å². The van der Waals surface area contributed by atoms with Crippen molar-refractivity contribution in [3.63, 3.8) is 0 Å². The number of hydrogen-bond acceptors (Lipinski definition) is 4. The van der Waals surface area contributed by atoms with Crippen molar-refractivity contribution in [3.05, 3.63) is 46.0 Å². The fourth-order valence-electron chi connectivity index (χ4n) is 4.16. The average Bonchev–Trinajstić information content (AvgIpc) is 3.17. The Balaban J connectivity index is 1.58. The molecule has 6 heteroatoms. The lowest BCUT2D eigenvalue weighted by molar-refractivity contribution is -0.137. The maximum Gasteiger partial charge on any atom is 0.258 e. The SMILES string of the molecule is Cc1ccc2nc(CN3CCCC[C@H]3C(=O)N3CCCC3)cc(=O)n2c1. The number of fused-ring (bicyclic) bond motifs is 1. The summed E-state index contributed by atoms with van der Waals surface area (Å²) in [6.07, 6.45) is 7.13. The topological polar surface area (TPSA) is 57.9 Å².